The van der Waals surface area contributed by atoms with Gasteiger partial charge >= 0.3 is 0 Å². The van der Waals surface area contributed by atoms with Gasteiger partial charge in [0.25, 0.3) is 0 Å². The topological polar surface area (TPSA) is 88.2 Å². The Hall–Kier alpha value is -1.96. The zero-order chi connectivity index (χ0) is 15.1. The molecule has 2 N–H and O–H groups in total. The Morgan fingerprint density at radius 2 is 2.24 bits per heavy atom. The van der Waals surface area contributed by atoms with Gasteiger partial charge in [-0.15, -0.1) is 11.3 Å². The lowest BCUT2D eigenvalue weighted by Crippen LogP contribution is -2.38. The van der Waals surface area contributed by atoms with Gasteiger partial charge in [-0.05, 0) is 20.8 Å². The Morgan fingerprint density at radius 3 is 2.86 bits per heavy atom. The van der Waals surface area contributed by atoms with E-state index in [2.05, 4.69) is 37.7 Å². The summed E-state index contributed by atoms with van der Waals surface area (Å²) in [6.45, 7) is 7.82. The number of guanidine groups is 1. The van der Waals surface area contributed by atoms with Crippen molar-refractivity contribution in [1.82, 2.24) is 25.8 Å². The van der Waals surface area contributed by atoms with E-state index in [4.69, 9.17) is 4.52 Å². The molecule has 0 aliphatic rings. The zero-order valence-electron chi connectivity index (χ0n) is 12.5. The van der Waals surface area contributed by atoms with Crippen molar-refractivity contribution in [3.8, 4) is 0 Å². The van der Waals surface area contributed by atoms with Crippen LogP contribution in [0.5, 0.6) is 0 Å². The van der Waals surface area contributed by atoms with Crippen LogP contribution in [0.1, 0.15) is 28.5 Å². The Labute approximate surface area is 127 Å². The van der Waals surface area contributed by atoms with Crippen LogP contribution in [0.25, 0.3) is 0 Å². The van der Waals surface area contributed by atoms with E-state index in [0.717, 1.165) is 30.5 Å². The molecule has 0 radical (unpaired) electrons. The van der Waals surface area contributed by atoms with Gasteiger partial charge in [-0.25, -0.2) is 9.98 Å². The third-order valence-corrected chi connectivity index (χ3v) is 3.56. The summed E-state index contributed by atoms with van der Waals surface area (Å²) < 4.78 is 5.04. The first-order valence-corrected chi connectivity index (χ1v) is 7.71. The minimum Gasteiger partial charge on any atom is -0.357 e. The summed E-state index contributed by atoms with van der Waals surface area (Å²) in [5.41, 5.74) is 0. The Bertz CT molecular complexity index is 591. The van der Waals surface area contributed by atoms with E-state index in [9.17, 15) is 0 Å². The van der Waals surface area contributed by atoms with Gasteiger partial charge in [0.15, 0.2) is 11.8 Å². The second-order valence-electron chi connectivity index (χ2n) is 4.47. The largest absolute Gasteiger partial charge is 0.357 e. The summed E-state index contributed by atoms with van der Waals surface area (Å²) in [4.78, 5) is 14.1. The van der Waals surface area contributed by atoms with Crippen LogP contribution in [0.2, 0.25) is 0 Å². The van der Waals surface area contributed by atoms with Gasteiger partial charge in [0.1, 0.15) is 6.54 Å². The SMILES string of the molecule is CCNC(=NCc1nc(C)no1)NCCc1ncc(C)s1. The number of aliphatic imine (C=N–C) groups is 1. The van der Waals surface area contributed by atoms with Gasteiger partial charge < -0.3 is 15.2 Å². The number of nitrogens with one attached hydrogen (secondary N) is 2. The maximum atomic E-state index is 5.04. The Balaban J connectivity index is 1.83. The standard InChI is InChI=1S/C13H20N6OS/c1-4-14-13(17-8-11-18-10(3)19-20-11)15-6-5-12-16-7-9(2)21-12/h7H,4-6,8H2,1-3H3,(H2,14,15,17). The minimum atomic E-state index is 0.368. The molecule has 114 valence electrons. The van der Waals surface area contributed by atoms with Crippen molar-refractivity contribution >= 4 is 17.3 Å². The van der Waals surface area contributed by atoms with Crippen molar-refractivity contribution in [2.75, 3.05) is 13.1 Å². The van der Waals surface area contributed by atoms with Crippen molar-refractivity contribution in [2.24, 2.45) is 4.99 Å². The van der Waals surface area contributed by atoms with E-state index in [1.165, 1.54) is 4.88 Å². The molecule has 0 atom stereocenters. The number of aryl methyl sites for hydroxylation is 2. The summed E-state index contributed by atoms with van der Waals surface area (Å²) >= 11 is 1.72. The van der Waals surface area contributed by atoms with Crippen molar-refractivity contribution in [1.29, 1.82) is 0 Å². The van der Waals surface area contributed by atoms with Gasteiger partial charge in [-0.2, -0.15) is 4.98 Å². The van der Waals surface area contributed by atoms with E-state index in [1.54, 1.807) is 18.3 Å². The molecule has 0 bridgehead atoms. The molecule has 0 saturated heterocycles. The van der Waals surface area contributed by atoms with Crippen molar-refractivity contribution in [2.45, 2.75) is 33.7 Å². The molecular weight excluding hydrogens is 288 g/mol. The molecule has 0 aliphatic carbocycles. The monoisotopic (exact) mass is 308 g/mol. The van der Waals surface area contributed by atoms with Gasteiger partial charge in [-0.1, -0.05) is 5.16 Å². The lowest BCUT2D eigenvalue weighted by Gasteiger charge is -2.09. The van der Waals surface area contributed by atoms with Crippen LogP contribution in [0, 0.1) is 13.8 Å². The van der Waals surface area contributed by atoms with E-state index >= 15 is 0 Å². The summed E-state index contributed by atoms with van der Waals surface area (Å²) in [6, 6.07) is 0. The molecule has 0 aromatic carbocycles. The van der Waals surface area contributed by atoms with Crippen LogP contribution >= 0.6 is 11.3 Å². The highest BCUT2D eigenvalue weighted by Crippen LogP contribution is 2.10. The first-order valence-electron chi connectivity index (χ1n) is 6.90. The molecule has 0 amide bonds. The number of nitrogens with zero attached hydrogens (tertiary/aromatic N) is 4. The lowest BCUT2D eigenvalue weighted by atomic mass is 10.4. The molecule has 2 aromatic heterocycles. The summed E-state index contributed by atoms with van der Waals surface area (Å²) in [5, 5.41) is 11.3. The summed E-state index contributed by atoms with van der Waals surface area (Å²) in [7, 11) is 0. The zero-order valence-corrected chi connectivity index (χ0v) is 13.3. The lowest BCUT2D eigenvalue weighted by molar-refractivity contribution is 0.376. The smallest absolute Gasteiger partial charge is 0.248 e. The molecule has 2 heterocycles. The number of rotatable bonds is 6. The quantitative estimate of drug-likeness (QED) is 0.620. The van der Waals surface area contributed by atoms with E-state index in [-0.39, 0.29) is 0 Å². The second-order valence-corrected chi connectivity index (χ2v) is 5.79. The Kier molecular flexibility index (Phi) is 5.68. The highest BCUT2D eigenvalue weighted by Gasteiger charge is 2.04. The van der Waals surface area contributed by atoms with Crippen LogP contribution in [0.4, 0.5) is 0 Å². The molecule has 0 fully saturated rings. The average Bonchev–Trinajstić information content (AvgIpc) is 3.05. The number of thiazole rings is 1. The van der Waals surface area contributed by atoms with E-state index < -0.39 is 0 Å². The molecule has 8 heteroatoms. The van der Waals surface area contributed by atoms with Gasteiger partial charge in [-0.3, -0.25) is 0 Å². The normalized spacial score (nSPS) is 11.7. The predicted octanol–water partition coefficient (Wildman–Crippen LogP) is 1.44. The number of aromatic nitrogens is 3. The second kappa shape index (κ2) is 7.72. The molecule has 2 rings (SSSR count). The number of hydrogen-bond acceptors (Lipinski definition) is 6. The van der Waals surface area contributed by atoms with Crippen LogP contribution < -0.4 is 10.6 Å². The molecule has 0 spiro atoms. The molecule has 21 heavy (non-hydrogen) atoms. The van der Waals surface area contributed by atoms with E-state index in [1.807, 2.05) is 13.1 Å². The molecule has 2 aromatic rings. The fourth-order valence-corrected chi connectivity index (χ4v) is 2.48. The maximum Gasteiger partial charge on any atom is 0.248 e. The van der Waals surface area contributed by atoms with Gasteiger partial charge in [0.2, 0.25) is 5.89 Å². The fourth-order valence-electron chi connectivity index (χ4n) is 1.70. The summed E-state index contributed by atoms with van der Waals surface area (Å²) in [5.74, 6) is 1.87. The first kappa shape index (κ1) is 15.4. The van der Waals surface area contributed by atoms with Crippen molar-refractivity contribution < 1.29 is 4.52 Å². The van der Waals surface area contributed by atoms with Crippen LogP contribution in [-0.4, -0.2) is 34.2 Å². The van der Waals surface area contributed by atoms with Gasteiger partial charge in [0.05, 0.1) is 5.01 Å². The third-order valence-electron chi connectivity index (χ3n) is 2.59. The molecule has 0 aliphatic heterocycles. The summed E-state index contributed by atoms with van der Waals surface area (Å²) in [6.07, 6.45) is 2.78. The van der Waals surface area contributed by atoms with Crippen LogP contribution in [0.15, 0.2) is 15.7 Å². The van der Waals surface area contributed by atoms with Crippen molar-refractivity contribution in [3.63, 3.8) is 0 Å². The molecule has 0 unspecified atom stereocenters. The minimum absolute atomic E-state index is 0.368. The van der Waals surface area contributed by atoms with Crippen LogP contribution in [-0.2, 0) is 13.0 Å². The van der Waals surface area contributed by atoms with Gasteiger partial charge in [0, 0.05) is 30.6 Å². The number of hydrogen-bond donors (Lipinski definition) is 2. The highest BCUT2D eigenvalue weighted by atomic mass is 32.1. The molecule has 0 saturated carbocycles. The fraction of sp³-hybridized carbons (Fsp3) is 0.538. The third kappa shape index (κ3) is 5.14. The molecule has 7 nitrogen and oxygen atoms in total. The van der Waals surface area contributed by atoms with Crippen LogP contribution in [0.3, 0.4) is 0 Å². The van der Waals surface area contributed by atoms with Crippen molar-refractivity contribution in [3.05, 3.63) is 27.8 Å². The Morgan fingerprint density at radius 1 is 1.38 bits per heavy atom. The molecular formula is C13H20N6OS. The maximum absolute atomic E-state index is 5.04. The van der Waals surface area contributed by atoms with E-state index in [0.29, 0.717) is 18.3 Å². The highest BCUT2D eigenvalue weighted by molar-refractivity contribution is 7.11. The predicted molar refractivity (Wildman–Crippen MR) is 82.4 cm³/mol. The average molecular weight is 308 g/mol. The first-order chi connectivity index (χ1) is 10.2.